The van der Waals surface area contributed by atoms with Gasteiger partial charge in [-0.15, -0.1) is 0 Å². The molecule has 2 heteroatoms. The van der Waals surface area contributed by atoms with Crippen molar-refractivity contribution >= 4 is 5.78 Å². The molecule has 1 saturated heterocycles. The van der Waals surface area contributed by atoms with Crippen molar-refractivity contribution in [3.05, 3.63) is 35.9 Å². The summed E-state index contributed by atoms with van der Waals surface area (Å²) in [5.74, 6) is 0.221. The van der Waals surface area contributed by atoms with E-state index in [2.05, 4.69) is 12.1 Å². The zero-order chi connectivity index (χ0) is 11.4. The summed E-state index contributed by atoms with van der Waals surface area (Å²) in [7, 11) is 0. The largest absolute Gasteiger partial charge is 0.370 e. The normalized spacial score (nSPS) is 25.3. The van der Waals surface area contributed by atoms with Crippen molar-refractivity contribution in [2.45, 2.75) is 44.8 Å². The Morgan fingerprint density at radius 3 is 2.75 bits per heavy atom. The number of ketones is 1. The maximum absolute atomic E-state index is 11.1. The number of carbonyl (C=O) groups excluding carboxylic acids is 1. The van der Waals surface area contributed by atoms with Crippen LogP contribution in [0.3, 0.4) is 0 Å². The van der Waals surface area contributed by atoms with Crippen LogP contribution in [0, 0.1) is 0 Å². The van der Waals surface area contributed by atoms with Crippen molar-refractivity contribution in [2.75, 3.05) is 0 Å². The monoisotopic (exact) mass is 218 g/mol. The molecule has 1 aromatic rings. The van der Waals surface area contributed by atoms with Crippen LogP contribution in [0.1, 0.15) is 44.3 Å². The van der Waals surface area contributed by atoms with Crippen LogP contribution < -0.4 is 0 Å². The summed E-state index contributed by atoms with van der Waals surface area (Å²) < 4.78 is 5.96. The molecule has 2 nitrogen and oxygen atoms in total. The highest BCUT2D eigenvalue weighted by Gasteiger charge is 2.24. The van der Waals surface area contributed by atoms with Crippen molar-refractivity contribution in [1.29, 1.82) is 0 Å². The fourth-order valence-corrected chi connectivity index (χ4v) is 2.28. The number of carbonyl (C=O) groups is 1. The van der Waals surface area contributed by atoms with Gasteiger partial charge in [0.2, 0.25) is 0 Å². The zero-order valence-electron chi connectivity index (χ0n) is 9.69. The van der Waals surface area contributed by atoms with Crippen LogP contribution in [0.4, 0.5) is 0 Å². The Morgan fingerprint density at radius 1 is 1.31 bits per heavy atom. The molecule has 16 heavy (non-hydrogen) atoms. The summed E-state index contributed by atoms with van der Waals surface area (Å²) >= 11 is 0. The van der Waals surface area contributed by atoms with Crippen molar-refractivity contribution in [3.63, 3.8) is 0 Å². The zero-order valence-corrected chi connectivity index (χ0v) is 9.69. The lowest BCUT2D eigenvalue weighted by atomic mass is 9.96. The Labute approximate surface area is 96.6 Å². The molecule has 1 aliphatic heterocycles. The highest BCUT2D eigenvalue weighted by molar-refractivity contribution is 5.75. The fraction of sp³-hybridized carbons (Fsp3) is 0.500. The minimum atomic E-state index is 0.122. The molecule has 0 spiro atoms. The third-order valence-electron chi connectivity index (χ3n) is 3.04. The van der Waals surface area contributed by atoms with E-state index in [-0.39, 0.29) is 18.0 Å². The predicted octanol–water partition coefficient (Wildman–Crippen LogP) is 3.28. The van der Waals surface area contributed by atoms with Crippen LogP contribution in [-0.4, -0.2) is 11.9 Å². The van der Waals surface area contributed by atoms with Gasteiger partial charge in [0.25, 0.3) is 0 Å². The van der Waals surface area contributed by atoms with E-state index >= 15 is 0 Å². The first-order chi connectivity index (χ1) is 7.75. The third kappa shape index (κ3) is 2.92. The summed E-state index contributed by atoms with van der Waals surface area (Å²) in [5, 5.41) is 0. The first-order valence-electron chi connectivity index (χ1n) is 5.95. The molecule has 0 amide bonds. The number of benzene rings is 1. The van der Waals surface area contributed by atoms with Crippen molar-refractivity contribution in [1.82, 2.24) is 0 Å². The van der Waals surface area contributed by atoms with Crippen molar-refractivity contribution in [2.24, 2.45) is 0 Å². The van der Waals surface area contributed by atoms with E-state index in [0.29, 0.717) is 6.42 Å². The molecule has 0 aliphatic carbocycles. The Morgan fingerprint density at radius 2 is 2.06 bits per heavy atom. The Bertz CT molecular complexity index is 345. The molecule has 0 saturated carbocycles. The molecule has 1 aliphatic rings. The molecule has 2 unspecified atom stereocenters. The van der Waals surface area contributed by atoms with Gasteiger partial charge in [-0.25, -0.2) is 0 Å². The van der Waals surface area contributed by atoms with Crippen LogP contribution in [-0.2, 0) is 9.53 Å². The van der Waals surface area contributed by atoms with Crippen LogP contribution in [0.5, 0.6) is 0 Å². The molecular weight excluding hydrogens is 200 g/mol. The van der Waals surface area contributed by atoms with Crippen molar-refractivity contribution < 1.29 is 9.53 Å². The SMILES string of the molecule is CC(=O)CC1CCCC(c2ccccc2)O1. The van der Waals surface area contributed by atoms with Gasteiger partial charge in [0.05, 0.1) is 12.2 Å². The fourth-order valence-electron chi connectivity index (χ4n) is 2.28. The van der Waals surface area contributed by atoms with Crippen LogP contribution in [0.2, 0.25) is 0 Å². The predicted molar refractivity (Wildman–Crippen MR) is 63.2 cm³/mol. The minimum absolute atomic E-state index is 0.122. The van der Waals surface area contributed by atoms with Crippen LogP contribution >= 0.6 is 0 Å². The number of hydrogen-bond donors (Lipinski definition) is 0. The van der Waals surface area contributed by atoms with E-state index in [9.17, 15) is 4.79 Å². The van der Waals surface area contributed by atoms with Gasteiger partial charge in [0.1, 0.15) is 5.78 Å². The second kappa shape index (κ2) is 5.26. The molecule has 1 heterocycles. The minimum Gasteiger partial charge on any atom is -0.370 e. The standard InChI is InChI=1S/C14H18O2/c1-11(15)10-13-8-5-9-14(16-13)12-6-3-2-4-7-12/h2-4,6-7,13-14H,5,8-10H2,1H3. The Hall–Kier alpha value is -1.15. The molecule has 1 fully saturated rings. The maximum atomic E-state index is 11.1. The average molecular weight is 218 g/mol. The van der Waals surface area contributed by atoms with Gasteiger partial charge in [-0.1, -0.05) is 30.3 Å². The van der Waals surface area contributed by atoms with Crippen LogP contribution in [0.15, 0.2) is 30.3 Å². The van der Waals surface area contributed by atoms with Gasteiger partial charge in [0.15, 0.2) is 0 Å². The molecule has 2 rings (SSSR count). The molecule has 0 N–H and O–H groups in total. The molecule has 0 bridgehead atoms. The van der Waals surface area contributed by atoms with Gasteiger partial charge in [-0.3, -0.25) is 4.79 Å². The first kappa shape index (κ1) is 11.3. The average Bonchev–Trinajstić information content (AvgIpc) is 2.30. The molecule has 2 atom stereocenters. The summed E-state index contributed by atoms with van der Waals surface area (Å²) in [6.07, 6.45) is 4.10. The number of Topliss-reactive ketones (excluding diaryl/α,β-unsaturated/α-hetero) is 1. The van der Waals surface area contributed by atoms with Gasteiger partial charge < -0.3 is 4.74 Å². The summed E-state index contributed by atoms with van der Waals surface area (Å²) in [5.41, 5.74) is 1.23. The van der Waals surface area contributed by atoms with E-state index in [1.165, 1.54) is 5.56 Å². The lowest BCUT2D eigenvalue weighted by molar-refractivity contribution is -0.123. The molecule has 0 radical (unpaired) electrons. The lowest BCUT2D eigenvalue weighted by Gasteiger charge is -2.29. The summed E-state index contributed by atoms with van der Waals surface area (Å²) in [6, 6.07) is 10.3. The Balaban J connectivity index is 1.99. The molecular formula is C14H18O2. The van der Waals surface area contributed by atoms with Crippen molar-refractivity contribution in [3.8, 4) is 0 Å². The quantitative estimate of drug-likeness (QED) is 0.778. The van der Waals surface area contributed by atoms with Gasteiger partial charge in [0, 0.05) is 6.42 Å². The smallest absolute Gasteiger partial charge is 0.132 e. The highest BCUT2D eigenvalue weighted by atomic mass is 16.5. The van der Waals surface area contributed by atoms with E-state index in [1.54, 1.807) is 6.92 Å². The van der Waals surface area contributed by atoms with Crippen LogP contribution in [0.25, 0.3) is 0 Å². The number of ether oxygens (including phenoxy) is 1. The second-order valence-corrected chi connectivity index (χ2v) is 4.49. The topological polar surface area (TPSA) is 26.3 Å². The summed E-state index contributed by atoms with van der Waals surface area (Å²) in [6.45, 7) is 1.63. The molecule has 1 aromatic carbocycles. The molecule has 86 valence electrons. The third-order valence-corrected chi connectivity index (χ3v) is 3.04. The van der Waals surface area contributed by atoms with Gasteiger partial charge >= 0.3 is 0 Å². The number of hydrogen-bond acceptors (Lipinski definition) is 2. The number of rotatable bonds is 3. The van der Waals surface area contributed by atoms with E-state index in [0.717, 1.165) is 19.3 Å². The van der Waals surface area contributed by atoms with E-state index < -0.39 is 0 Å². The van der Waals surface area contributed by atoms with Gasteiger partial charge in [-0.2, -0.15) is 0 Å². The molecule has 0 aromatic heterocycles. The maximum Gasteiger partial charge on any atom is 0.132 e. The highest BCUT2D eigenvalue weighted by Crippen LogP contribution is 2.32. The first-order valence-corrected chi connectivity index (χ1v) is 5.95. The lowest BCUT2D eigenvalue weighted by Crippen LogP contribution is -2.24. The Kier molecular flexibility index (Phi) is 3.73. The van der Waals surface area contributed by atoms with Gasteiger partial charge in [-0.05, 0) is 31.7 Å². The second-order valence-electron chi connectivity index (χ2n) is 4.49. The van der Waals surface area contributed by atoms with E-state index in [1.807, 2.05) is 18.2 Å². The summed E-state index contributed by atoms with van der Waals surface area (Å²) in [4.78, 5) is 11.1. The van der Waals surface area contributed by atoms with E-state index in [4.69, 9.17) is 4.74 Å².